The third kappa shape index (κ3) is 21.0. The molecule has 13 nitrogen and oxygen atoms in total. The van der Waals surface area contributed by atoms with Crippen molar-refractivity contribution < 1.29 is 55.0 Å². The monoisotopic (exact) mass is 480 g/mol. The van der Waals surface area contributed by atoms with Gasteiger partial charge in [-0.25, -0.2) is 19.3 Å². The SMILES string of the molecule is CCNCCC(NC(=O)OC(C)(C)C)C(=O)OC(=O)c1ccccc1.CCOO.OO.OO. The summed E-state index contributed by atoms with van der Waals surface area (Å²) in [6.07, 6.45) is -0.466. The molecule has 0 spiro atoms. The lowest BCUT2D eigenvalue weighted by molar-refractivity contribution is -0.237. The summed E-state index contributed by atoms with van der Waals surface area (Å²) >= 11 is 0. The lowest BCUT2D eigenvalue weighted by Gasteiger charge is -2.22. The fourth-order valence-electron chi connectivity index (χ4n) is 1.92. The standard InChI is InChI=1S/C18H26N2O5.C2H6O2.2H2O2/c1-5-19-12-11-14(20-17(23)25-18(2,3)4)16(22)24-15(21)13-9-7-6-8-10-13;1-2-4-3;2*1-2/h6-10,14,19H,5,11-12H2,1-4H3,(H,20,23);3H,2H2,1H3;2*1-2H. The van der Waals surface area contributed by atoms with Crippen LogP contribution in [-0.4, -0.2) is 75.7 Å². The third-order valence-corrected chi connectivity index (χ3v) is 3.17. The first kappa shape index (κ1) is 35.0. The van der Waals surface area contributed by atoms with Crippen molar-refractivity contribution in [2.24, 2.45) is 0 Å². The maximum atomic E-state index is 12.3. The van der Waals surface area contributed by atoms with E-state index in [9.17, 15) is 14.4 Å². The molecule has 192 valence electrons. The Kier molecular flexibility index (Phi) is 23.9. The van der Waals surface area contributed by atoms with Gasteiger partial charge in [-0.3, -0.25) is 26.3 Å². The van der Waals surface area contributed by atoms with Crippen molar-refractivity contribution in [2.45, 2.75) is 52.7 Å². The second-order valence-corrected chi connectivity index (χ2v) is 6.83. The topological polar surface area (TPSA) is 204 Å². The molecular formula is C20H36N2O11. The van der Waals surface area contributed by atoms with E-state index in [0.29, 0.717) is 13.2 Å². The van der Waals surface area contributed by atoms with E-state index in [4.69, 9.17) is 35.8 Å². The highest BCUT2D eigenvalue weighted by molar-refractivity contribution is 5.98. The van der Waals surface area contributed by atoms with Gasteiger partial charge in [0.25, 0.3) is 0 Å². The van der Waals surface area contributed by atoms with Crippen molar-refractivity contribution in [3.8, 4) is 0 Å². The van der Waals surface area contributed by atoms with Crippen LogP contribution in [0.2, 0.25) is 0 Å². The predicted octanol–water partition coefficient (Wildman–Crippen LogP) is 2.79. The first-order valence-electron chi connectivity index (χ1n) is 9.82. The molecule has 0 saturated heterocycles. The molecule has 0 bridgehead atoms. The van der Waals surface area contributed by atoms with Crippen molar-refractivity contribution in [2.75, 3.05) is 19.7 Å². The van der Waals surface area contributed by atoms with Gasteiger partial charge in [0.1, 0.15) is 11.6 Å². The molecule has 7 N–H and O–H groups in total. The van der Waals surface area contributed by atoms with E-state index >= 15 is 0 Å². The Hall–Kier alpha value is -2.65. The van der Waals surface area contributed by atoms with E-state index in [1.807, 2.05) is 6.92 Å². The van der Waals surface area contributed by atoms with Gasteiger partial charge < -0.3 is 20.1 Å². The lowest BCUT2D eigenvalue weighted by atomic mass is 10.2. The molecule has 1 unspecified atom stereocenters. The summed E-state index contributed by atoms with van der Waals surface area (Å²) in [5.41, 5.74) is -0.432. The minimum absolute atomic E-state index is 0.263. The van der Waals surface area contributed by atoms with Gasteiger partial charge in [-0.15, -0.1) is 0 Å². The summed E-state index contributed by atoms with van der Waals surface area (Å²) in [7, 11) is 0. The van der Waals surface area contributed by atoms with Gasteiger partial charge in [-0.1, -0.05) is 25.1 Å². The summed E-state index contributed by atoms with van der Waals surface area (Å²) in [5.74, 6) is -1.58. The molecule has 0 aliphatic heterocycles. The Labute approximate surface area is 192 Å². The fraction of sp³-hybridized carbons (Fsp3) is 0.550. The van der Waals surface area contributed by atoms with E-state index in [1.165, 1.54) is 0 Å². The number of amides is 1. The second-order valence-electron chi connectivity index (χ2n) is 6.83. The Morgan fingerprint density at radius 1 is 1.00 bits per heavy atom. The number of hydrogen-bond acceptors (Lipinski definition) is 12. The van der Waals surface area contributed by atoms with Crippen LogP contribution in [0.25, 0.3) is 0 Å². The van der Waals surface area contributed by atoms with Crippen LogP contribution in [-0.2, 0) is 19.2 Å². The largest absolute Gasteiger partial charge is 0.444 e. The number of carbonyl (C=O) groups excluding carboxylic acids is 3. The fourth-order valence-corrected chi connectivity index (χ4v) is 1.92. The van der Waals surface area contributed by atoms with Crippen molar-refractivity contribution in [3.05, 3.63) is 35.9 Å². The minimum Gasteiger partial charge on any atom is -0.444 e. The molecular weight excluding hydrogens is 444 g/mol. The zero-order valence-electron chi connectivity index (χ0n) is 19.5. The van der Waals surface area contributed by atoms with Gasteiger partial charge in [0, 0.05) is 0 Å². The van der Waals surface area contributed by atoms with Gasteiger partial charge in [-0.05, 0) is 59.3 Å². The Morgan fingerprint density at radius 3 is 1.94 bits per heavy atom. The van der Waals surface area contributed by atoms with Crippen LogP contribution in [0.15, 0.2) is 30.3 Å². The molecule has 0 fully saturated rings. The van der Waals surface area contributed by atoms with E-state index in [1.54, 1.807) is 58.0 Å². The van der Waals surface area contributed by atoms with Crippen molar-refractivity contribution in [1.82, 2.24) is 10.6 Å². The smallest absolute Gasteiger partial charge is 0.408 e. The molecule has 0 aliphatic rings. The van der Waals surface area contributed by atoms with E-state index in [-0.39, 0.29) is 12.0 Å². The highest BCUT2D eigenvalue weighted by Gasteiger charge is 2.27. The molecule has 0 radical (unpaired) electrons. The van der Waals surface area contributed by atoms with Gasteiger partial charge in [0.05, 0.1) is 12.2 Å². The molecule has 1 amide bonds. The van der Waals surface area contributed by atoms with Crippen molar-refractivity contribution in [1.29, 1.82) is 0 Å². The van der Waals surface area contributed by atoms with Crippen LogP contribution in [0, 0.1) is 0 Å². The maximum absolute atomic E-state index is 12.3. The maximum Gasteiger partial charge on any atom is 0.408 e. The van der Waals surface area contributed by atoms with Crippen LogP contribution in [0.5, 0.6) is 0 Å². The summed E-state index contributed by atoms with van der Waals surface area (Å²) in [5, 5.41) is 36.9. The van der Waals surface area contributed by atoms with E-state index < -0.39 is 29.7 Å². The number of alkyl carbamates (subject to hydrolysis) is 1. The van der Waals surface area contributed by atoms with Crippen LogP contribution >= 0.6 is 0 Å². The van der Waals surface area contributed by atoms with Gasteiger partial charge in [-0.2, -0.15) is 0 Å². The molecule has 1 aromatic carbocycles. The van der Waals surface area contributed by atoms with E-state index in [2.05, 4.69) is 15.5 Å². The van der Waals surface area contributed by atoms with Crippen LogP contribution in [0.1, 0.15) is 51.4 Å². The van der Waals surface area contributed by atoms with Crippen molar-refractivity contribution in [3.63, 3.8) is 0 Å². The van der Waals surface area contributed by atoms with Crippen LogP contribution in [0.3, 0.4) is 0 Å². The second kappa shape index (κ2) is 22.5. The predicted molar refractivity (Wildman–Crippen MR) is 118 cm³/mol. The Morgan fingerprint density at radius 2 is 1.52 bits per heavy atom. The Bertz CT molecular complexity index is 620. The van der Waals surface area contributed by atoms with Gasteiger partial charge in [0.15, 0.2) is 0 Å². The first-order chi connectivity index (χ1) is 15.6. The van der Waals surface area contributed by atoms with E-state index in [0.717, 1.165) is 6.54 Å². The number of rotatable bonds is 8. The number of hydrogen-bond donors (Lipinski definition) is 7. The summed E-state index contributed by atoms with van der Waals surface area (Å²) < 4.78 is 10.0. The summed E-state index contributed by atoms with van der Waals surface area (Å²) in [6, 6.07) is 7.20. The zero-order chi connectivity index (χ0) is 26.3. The highest BCUT2D eigenvalue weighted by Crippen LogP contribution is 2.08. The number of esters is 2. The van der Waals surface area contributed by atoms with Crippen LogP contribution < -0.4 is 10.6 Å². The number of nitrogens with one attached hydrogen (secondary N) is 2. The molecule has 0 saturated carbocycles. The molecule has 1 atom stereocenters. The van der Waals surface area contributed by atoms with Gasteiger partial charge >= 0.3 is 18.0 Å². The molecule has 0 aromatic heterocycles. The average Bonchev–Trinajstić information content (AvgIpc) is 2.80. The number of benzene rings is 1. The zero-order valence-corrected chi connectivity index (χ0v) is 19.5. The molecule has 13 heteroatoms. The Balaban J connectivity index is -0.000000988. The normalized spacial score (nSPS) is 10.5. The number of ether oxygens (including phenoxy) is 2. The molecule has 1 aromatic rings. The van der Waals surface area contributed by atoms with Gasteiger partial charge in [0.2, 0.25) is 0 Å². The van der Waals surface area contributed by atoms with Crippen LogP contribution in [0.4, 0.5) is 4.79 Å². The number of carbonyl (C=O) groups is 3. The third-order valence-electron chi connectivity index (χ3n) is 3.17. The summed E-state index contributed by atoms with van der Waals surface area (Å²) in [4.78, 5) is 39.7. The highest BCUT2D eigenvalue weighted by atomic mass is 17.1. The quantitative estimate of drug-likeness (QED) is 0.0943. The lowest BCUT2D eigenvalue weighted by Crippen LogP contribution is -2.46. The molecule has 0 heterocycles. The first-order valence-corrected chi connectivity index (χ1v) is 9.82. The molecule has 33 heavy (non-hydrogen) atoms. The molecule has 0 aliphatic carbocycles. The summed E-state index contributed by atoms with van der Waals surface area (Å²) in [6.45, 7) is 10.4. The average molecular weight is 481 g/mol. The molecule has 1 rings (SSSR count). The minimum atomic E-state index is -0.985. The van der Waals surface area contributed by atoms with Crippen molar-refractivity contribution >= 4 is 18.0 Å².